The summed E-state index contributed by atoms with van der Waals surface area (Å²) in [6.45, 7) is 8.76. The van der Waals surface area contributed by atoms with E-state index in [1.165, 1.54) is 0 Å². The van der Waals surface area contributed by atoms with Gasteiger partial charge in [-0.15, -0.1) is 0 Å². The van der Waals surface area contributed by atoms with E-state index in [2.05, 4.69) is 32.8 Å². The molecule has 1 unspecified atom stereocenters. The molecule has 0 aromatic carbocycles. The minimum absolute atomic E-state index is 0.306. The van der Waals surface area contributed by atoms with Crippen LogP contribution in [-0.4, -0.2) is 28.2 Å². The zero-order chi connectivity index (χ0) is 11.1. The second kappa shape index (κ2) is 7.14. The molecule has 0 aromatic rings. The summed E-state index contributed by atoms with van der Waals surface area (Å²) in [6, 6.07) is 2.65. The Morgan fingerprint density at radius 1 is 1.36 bits per heavy atom. The normalized spacial score (nSPS) is 13.6. The maximum atomic E-state index is 9.85. The minimum Gasteiger partial charge on any atom is -0.347 e. The van der Waals surface area contributed by atoms with Gasteiger partial charge in [0, 0.05) is 25.0 Å². The Morgan fingerprint density at radius 3 is 2.21 bits per heavy atom. The summed E-state index contributed by atoms with van der Waals surface area (Å²) in [6.07, 6.45) is 0.434. The number of hydrogen-bond donors (Lipinski definition) is 2. The maximum absolute atomic E-state index is 9.85. The molecule has 0 fully saturated rings. The second-order valence-corrected chi connectivity index (χ2v) is 5.03. The van der Waals surface area contributed by atoms with Crippen LogP contribution in [0.2, 0.25) is 0 Å². The number of rotatable bonds is 6. The van der Waals surface area contributed by atoms with E-state index in [4.69, 9.17) is 5.26 Å². The highest BCUT2D eigenvalue weighted by Gasteiger charge is 2.21. The largest absolute Gasteiger partial charge is 0.347 e. The van der Waals surface area contributed by atoms with E-state index in [-0.39, 0.29) is 0 Å². The molecule has 1 atom stereocenters. The van der Waals surface area contributed by atoms with Crippen molar-refractivity contribution in [3.05, 3.63) is 0 Å². The molecule has 5 heteroatoms. The van der Waals surface area contributed by atoms with E-state index in [0.29, 0.717) is 25.0 Å². The first kappa shape index (κ1) is 13.8. The van der Waals surface area contributed by atoms with E-state index in [9.17, 15) is 4.89 Å². The highest BCUT2D eigenvalue weighted by molar-refractivity contribution is 7.46. The first-order valence-electron chi connectivity index (χ1n) is 4.88. The van der Waals surface area contributed by atoms with Crippen LogP contribution in [0.1, 0.15) is 34.1 Å². The molecule has 0 aromatic heterocycles. The molecule has 0 aliphatic rings. The van der Waals surface area contributed by atoms with Crippen LogP contribution in [0.3, 0.4) is 0 Å². The van der Waals surface area contributed by atoms with E-state index in [0.717, 1.165) is 0 Å². The minimum atomic E-state index is -1.30. The quantitative estimate of drug-likeness (QED) is 0.526. The standard InChI is InChI=1S/C9H20N3OP/c1-8(2)12(9(3)4)14(13)11-7-5-6-10/h8-9,11,13H,5,7H2,1-4H3. The zero-order valence-electron chi connectivity index (χ0n) is 9.36. The molecule has 0 heterocycles. The van der Waals surface area contributed by atoms with Crippen LogP contribution in [0.25, 0.3) is 0 Å². The third-order valence-electron chi connectivity index (χ3n) is 1.77. The first-order chi connectivity index (χ1) is 6.50. The Labute approximate surface area is 87.9 Å². The average molecular weight is 217 g/mol. The van der Waals surface area contributed by atoms with Gasteiger partial charge < -0.3 is 4.89 Å². The van der Waals surface area contributed by atoms with E-state index in [1.54, 1.807) is 0 Å². The van der Waals surface area contributed by atoms with Crippen LogP contribution in [0.5, 0.6) is 0 Å². The van der Waals surface area contributed by atoms with Crippen molar-refractivity contribution >= 4 is 8.45 Å². The molecule has 0 aliphatic heterocycles. The van der Waals surface area contributed by atoms with Gasteiger partial charge in [0.25, 0.3) is 0 Å². The van der Waals surface area contributed by atoms with Gasteiger partial charge in [0.15, 0.2) is 8.45 Å². The fourth-order valence-electron chi connectivity index (χ4n) is 1.33. The van der Waals surface area contributed by atoms with Crippen molar-refractivity contribution < 1.29 is 4.89 Å². The summed E-state index contributed by atoms with van der Waals surface area (Å²) in [4.78, 5) is 9.85. The lowest BCUT2D eigenvalue weighted by atomic mass is 10.3. The predicted octanol–water partition coefficient (Wildman–Crippen LogP) is 1.83. The third-order valence-corrected chi connectivity index (χ3v) is 3.63. The summed E-state index contributed by atoms with van der Waals surface area (Å²) in [7, 11) is -1.30. The molecule has 0 saturated heterocycles. The zero-order valence-corrected chi connectivity index (χ0v) is 10.3. The van der Waals surface area contributed by atoms with Crippen LogP contribution < -0.4 is 5.09 Å². The summed E-state index contributed by atoms with van der Waals surface area (Å²) < 4.78 is 2.02. The molecule has 0 saturated carbocycles. The van der Waals surface area contributed by atoms with Crippen LogP contribution in [0.4, 0.5) is 0 Å². The summed E-state index contributed by atoms with van der Waals surface area (Å²) in [5.41, 5.74) is 0. The Kier molecular flexibility index (Phi) is 7.04. The molecule has 0 bridgehead atoms. The van der Waals surface area contributed by atoms with Gasteiger partial charge in [0.1, 0.15) is 0 Å². The molecule has 0 spiro atoms. The Hall–Kier alpha value is -0.200. The molecule has 2 N–H and O–H groups in total. The van der Waals surface area contributed by atoms with Gasteiger partial charge in [-0.05, 0) is 27.7 Å². The Morgan fingerprint density at radius 2 is 1.86 bits per heavy atom. The first-order valence-corrected chi connectivity index (χ1v) is 6.13. The lowest BCUT2D eigenvalue weighted by molar-refractivity contribution is 0.291. The lowest BCUT2D eigenvalue weighted by Gasteiger charge is -2.33. The SMILES string of the molecule is CC(C)N(C(C)C)P(O)NCCC#N. The second-order valence-electron chi connectivity index (χ2n) is 3.67. The van der Waals surface area contributed by atoms with Crippen molar-refractivity contribution in [2.45, 2.75) is 46.2 Å². The van der Waals surface area contributed by atoms with Crippen molar-refractivity contribution in [3.63, 3.8) is 0 Å². The predicted molar refractivity (Wildman–Crippen MR) is 59.5 cm³/mol. The molecule has 0 radical (unpaired) electrons. The Balaban J connectivity index is 4.03. The third kappa shape index (κ3) is 4.88. The van der Waals surface area contributed by atoms with Crippen molar-refractivity contribution in [2.75, 3.05) is 6.54 Å². The van der Waals surface area contributed by atoms with Gasteiger partial charge in [-0.3, -0.25) is 5.09 Å². The monoisotopic (exact) mass is 217 g/mol. The van der Waals surface area contributed by atoms with Crippen LogP contribution in [-0.2, 0) is 0 Å². The molecule has 14 heavy (non-hydrogen) atoms. The lowest BCUT2D eigenvalue weighted by Crippen LogP contribution is -2.36. The van der Waals surface area contributed by atoms with Crippen molar-refractivity contribution in [3.8, 4) is 6.07 Å². The fraction of sp³-hybridized carbons (Fsp3) is 0.889. The topological polar surface area (TPSA) is 59.3 Å². The molecular weight excluding hydrogens is 197 g/mol. The van der Waals surface area contributed by atoms with Crippen molar-refractivity contribution in [1.29, 1.82) is 5.26 Å². The van der Waals surface area contributed by atoms with Gasteiger partial charge in [0.2, 0.25) is 0 Å². The van der Waals surface area contributed by atoms with Gasteiger partial charge in [-0.25, -0.2) is 4.67 Å². The van der Waals surface area contributed by atoms with Crippen LogP contribution in [0, 0.1) is 11.3 Å². The maximum Gasteiger partial charge on any atom is 0.182 e. The molecular formula is C9H20N3OP. The van der Waals surface area contributed by atoms with E-state index >= 15 is 0 Å². The molecule has 82 valence electrons. The van der Waals surface area contributed by atoms with Crippen molar-refractivity contribution in [1.82, 2.24) is 9.76 Å². The van der Waals surface area contributed by atoms with E-state index < -0.39 is 8.45 Å². The molecule has 4 nitrogen and oxygen atoms in total. The number of nitrogens with zero attached hydrogens (tertiary/aromatic N) is 2. The molecule has 0 aliphatic carbocycles. The fourth-order valence-corrected chi connectivity index (χ4v) is 2.68. The number of nitriles is 1. The average Bonchev–Trinajstić information content (AvgIpc) is 2.03. The molecule has 0 amide bonds. The highest BCUT2D eigenvalue weighted by atomic mass is 31.2. The van der Waals surface area contributed by atoms with Crippen LogP contribution in [0.15, 0.2) is 0 Å². The summed E-state index contributed by atoms with van der Waals surface area (Å²) in [5.74, 6) is 0. The number of hydrogen-bond acceptors (Lipinski definition) is 4. The van der Waals surface area contributed by atoms with Crippen LogP contribution >= 0.6 is 8.45 Å². The Bertz CT molecular complexity index is 183. The van der Waals surface area contributed by atoms with E-state index in [1.807, 2.05) is 10.7 Å². The highest BCUT2D eigenvalue weighted by Crippen LogP contribution is 2.34. The molecule has 0 rings (SSSR count). The van der Waals surface area contributed by atoms with Gasteiger partial charge in [0.05, 0.1) is 6.07 Å². The number of nitrogens with one attached hydrogen (secondary N) is 1. The summed E-state index contributed by atoms with van der Waals surface area (Å²) >= 11 is 0. The van der Waals surface area contributed by atoms with Crippen molar-refractivity contribution in [2.24, 2.45) is 0 Å². The van der Waals surface area contributed by atoms with Gasteiger partial charge in [-0.2, -0.15) is 5.26 Å². The summed E-state index contributed by atoms with van der Waals surface area (Å²) in [5, 5.41) is 11.3. The van der Waals surface area contributed by atoms with Gasteiger partial charge in [-0.1, -0.05) is 0 Å². The smallest absolute Gasteiger partial charge is 0.182 e. The van der Waals surface area contributed by atoms with Gasteiger partial charge >= 0.3 is 0 Å².